The summed E-state index contributed by atoms with van der Waals surface area (Å²) in [5, 5.41) is 20.1. The lowest BCUT2D eigenvalue weighted by molar-refractivity contribution is -0.133. The molecule has 0 radical (unpaired) electrons. The maximum absolute atomic E-state index is 10.1. The number of β-amino-alcohol motifs (C(OH)–C–C–N with tert-alkyl or cyclic N) is 2. The summed E-state index contributed by atoms with van der Waals surface area (Å²) in [6.07, 6.45) is 1.89. The van der Waals surface area contributed by atoms with Crippen LogP contribution in [0.25, 0.3) is 0 Å². The molecule has 1 atom stereocenters. The molecule has 1 aliphatic heterocycles. The Balaban J connectivity index is 2.34. The van der Waals surface area contributed by atoms with Crippen LogP contribution < -0.4 is 0 Å². The van der Waals surface area contributed by atoms with Crippen LogP contribution in [-0.4, -0.2) is 45.9 Å². The molecule has 0 aromatic rings. The SMILES string of the molecule is CCCC1(O)CN(CC(C)(O)C(C)C)C1. The van der Waals surface area contributed by atoms with Crippen LogP contribution in [0.2, 0.25) is 0 Å². The molecule has 90 valence electrons. The quantitative estimate of drug-likeness (QED) is 0.725. The molecule has 0 bridgehead atoms. The summed E-state index contributed by atoms with van der Waals surface area (Å²) in [7, 11) is 0. The van der Waals surface area contributed by atoms with Crippen LogP contribution in [0.5, 0.6) is 0 Å². The molecule has 15 heavy (non-hydrogen) atoms. The zero-order chi connectivity index (χ0) is 11.7. The van der Waals surface area contributed by atoms with Crippen molar-refractivity contribution in [1.82, 2.24) is 4.90 Å². The predicted molar refractivity (Wildman–Crippen MR) is 61.8 cm³/mol. The van der Waals surface area contributed by atoms with Crippen LogP contribution in [0.15, 0.2) is 0 Å². The summed E-state index contributed by atoms with van der Waals surface area (Å²) in [5.74, 6) is 0.248. The van der Waals surface area contributed by atoms with E-state index in [0.717, 1.165) is 12.8 Å². The Morgan fingerprint density at radius 1 is 1.40 bits per heavy atom. The van der Waals surface area contributed by atoms with Gasteiger partial charge >= 0.3 is 0 Å². The van der Waals surface area contributed by atoms with Gasteiger partial charge in [0.05, 0.1) is 11.2 Å². The standard InChI is InChI=1S/C12H25NO2/c1-5-6-12(15)8-13(9-12)7-11(4,14)10(2)3/h10,14-15H,5-9H2,1-4H3. The highest BCUT2D eigenvalue weighted by atomic mass is 16.3. The molecule has 1 rings (SSSR count). The minimum Gasteiger partial charge on any atom is -0.389 e. The molecule has 0 saturated carbocycles. The van der Waals surface area contributed by atoms with E-state index < -0.39 is 11.2 Å². The van der Waals surface area contributed by atoms with Crippen LogP contribution in [-0.2, 0) is 0 Å². The Hall–Kier alpha value is -0.120. The Labute approximate surface area is 93.1 Å². The van der Waals surface area contributed by atoms with Gasteiger partial charge in [-0.25, -0.2) is 0 Å². The highest BCUT2D eigenvalue weighted by Gasteiger charge is 2.42. The summed E-state index contributed by atoms with van der Waals surface area (Å²) < 4.78 is 0. The molecule has 0 aromatic carbocycles. The summed E-state index contributed by atoms with van der Waals surface area (Å²) in [6.45, 7) is 10.1. The predicted octanol–water partition coefficient (Wildman–Crippen LogP) is 1.24. The van der Waals surface area contributed by atoms with Gasteiger partial charge < -0.3 is 10.2 Å². The maximum atomic E-state index is 10.1. The summed E-state index contributed by atoms with van der Waals surface area (Å²) >= 11 is 0. The van der Waals surface area contributed by atoms with Gasteiger partial charge in [0.15, 0.2) is 0 Å². The molecule has 3 heteroatoms. The number of rotatable bonds is 5. The highest BCUT2D eigenvalue weighted by Crippen LogP contribution is 2.28. The topological polar surface area (TPSA) is 43.7 Å². The van der Waals surface area contributed by atoms with E-state index >= 15 is 0 Å². The first-order valence-electron chi connectivity index (χ1n) is 5.96. The number of aliphatic hydroxyl groups is 2. The molecule has 1 fully saturated rings. The van der Waals surface area contributed by atoms with Crippen LogP contribution in [0.4, 0.5) is 0 Å². The van der Waals surface area contributed by atoms with E-state index in [1.54, 1.807) is 0 Å². The van der Waals surface area contributed by atoms with Crippen molar-refractivity contribution in [1.29, 1.82) is 0 Å². The van der Waals surface area contributed by atoms with Crippen molar-refractivity contribution in [2.75, 3.05) is 19.6 Å². The first-order valence-corrected chi connectivity index (χ1v) is 5.96. The van der Waals surface area contributed by atoms with Crippen LogP contribution in [0.1, 0.15) is 40.5 Å². The van der Waals surface area contributed by atoms with Crippen molar-refractivity contribution in [3.05, 3.63) is 0 Å². The lowest BCUT2D eigenvalue weighted by Gasteiger charge is -2.49. The van der Waals surface area contributed by atoms with Gasteiger partial charge in [0.25, 0.3) is 0 Å². The Bertz CT molecular complexity index is 208. The zero-order valence-corrected chi connectivity index (χ0v) is 10.5. The van der Waals surface area contributed by atoms with Crippen molar-refractivity contribution < 1.29 is 10.2 Å². The molecule has 0 aliphatic carbocycles. The second-order valence-electron chi connectivity index (χ2n) is 5.63. The van der Waals surface area contributed by atoms with Crippen molar-refractivity contribution in [3.8, 4) is 0 Å². The van der Waals surface area contributed by atoms with Crippen molar-refractivity contribution in [3.63, 3.8) is 0 Å². The third kappa shape index (κ3) is 3.16. The second kappa shape index (κ2) is 4.40. The fourth-order valence-electron chi connectivity index (χ4n) is 2.16. The highest BCUT2D eigenvalue weighted by molar-refractivity contribution is 4.97. The van der Waals surface area contributed by atoms with Gasteiger partial charge in [0.2, 0.25) is 0 Å². The summed E-state index contributed by atoms with van der Waals surface area (Å²) in [4.78, 5) is 2.13. The average Bonchev–Trinajstić information content (AvgIpc) is 2.00. The van der Waals surface area contributed by atoms with Gasteiger partial charge in [-0.15, -0.1) is 0 Å². The summed E-state index contributed by atoms with van der Waals surface area (Å²) in [5.41, 5.74) is -1.13. The Kier molecular flexibility index (Phi) is 3.80. The molecule has 0 aromatic heterocycles. The van der Waals surface area contributed by atoms with E-state index in [2.05, 4.69) is 11.8 Å². The van der Waals surface area contributed by atoms with Gasteiger partial charge in [-0.1, -0.05) is 27.2 Å². The van der Waals surface area contributed by atoms with Crippen molar-refractivity contribution in [2.24, 2.45) is 5.92 Å². The van der Waals surface area contributed by atoms with Gasteiger partial charge in [-0.3, -0.25) is 4.90 Å². The molecule has 1 unspecified atom stereocenters. The van der Waals surface area contributed by atoms with E-state index in [9.17, 15) is 10.2 Å². The van der Waals surface area contributed by atoms with E-state index in [4.69, 9.17) is 0 Å². The monoisotopic (exact) mass is 215 g/mol. The third-order valence-corrected chi connectivity index (χ3v) is 3.54. The van der Waals surface area contributed by atoms with Gasteiger partial charge in [0, 0.05) is 19.6 Å². The fraction of sp³-hybridized carbons (Fsp3) is 1.00. The number of likely N-dealkylation sites (tertiary alicyclic amines) is 1. The van der Waals surface area contributed by atoms with E-state index in [-0.39, 0.29) is 5.92 Å². The molecule has 1 aliphatic rings. The molecule has 1 saturated heterocycles. The smallest absolute Gasteiger partial charge is 0.0900 e. The summed E-state index contributed by atoms with van der Waals surface area (Å²) in [6, 6.07) is 0. The molecule has 0 amide bonds. The Morgan fingerprint density at radius 2 is 1.93 bits per heavy atom. The van der Waals surface area contributed by atoms with Gasteiger partial charge in [-0.05, 0) is 19.3 Å². The molecular formula is C12H25NO2. The average molecular weight is 215 g/mol. The lowest BCUT2D eigenvalue weighted by atomic mass is 9.85. The van der Waals surface area contributed by atoms with Gasteiger partial charge in [0.1, 0.15) is 0 Å². The normalized spacial score (nSPS) is 25.0. The minimum atomic E-state index is -0.645. The second-order valence-corrected chi connectivity index (χ2v) is 5.63. The van der Waals surface area contributed by atoms with E-state index in [1.807, 2.05) is 20.8 Å². The largest absolute Gasteiger partial charge is 0.389 e. The first-order chi connectivity index (χ1) is 6.79. The van der Waals surface area contributed by atoms with Crippen LogP contribution in [0, 0.1) is 5.92 Å². The molecule has 0 spiro atoms. The third-order valence-electron chi connectivity index (χ3n) is 3.54. The lowest BCUT2D eigenvalue weighted by Crippen LogP contribution is -2.64. The molecule has 1 heterocycles. The van der Waals surface area contributed by atoms with Crippen LogP contribution in [0.3, 0.4) is 0 Å². The molecule has 3 nitrogen and oxygen atoms in total. The fourth-order valence-corrected chi connectivity index (χ4v) is 2.16. The van der Waals surface area contributed by atoms with E-state index in [1.165, 1.54) is 0 Å². The first kappa shape index (κ1) is 12.9. The molecule has 2 N–H and O–H groups in total. The van der Waals surface area contributed by atoms with Crippen LogP contribution >= 0.6 is 0 Å². The number of hydrogen-bond acceptors (Lipinski definition) is 3. The van der Waals surface area contributed by atoms with Crippen molar-refractivity contribution >= 4 is 0 Å². The van der Waals surface area contributed by atoms with Gasteiger partial charge in [-0.2, -0.15) is 0 Å². The Morgan fingerprint density at radius 3 is 2.33 bits per heavy atom. The minimum absolute atomic E-state index is 0.248. The molecular weight excluding hydrogens is 190 g/mol. The number of nitrogens with zero attached hydrogens (tertiary/aromatic N) is 1. The zero-order valence-electron chi connectivity index (χ0n) is 10.5. The maximum Gasteiger partial charge on any atom is 0.0900 e. The van der Waals surface area contributed by atoms with Crippen molar-refractivity contribution in [2.45, 2.75) is 51.7 Å². The van der Waals surface area contributed by atoms with E-state index in [0.29, 0.717) is 19.6 Å². The number of hydrogen-bond donors (Lipinski definition) is 2.